The third kappa shape index (κ3) is 3.98. The Balaban J connectivity index is 2.20. The largest absolute Gasteiger partial charge is 0.394 e. The van der Waals surface area contributed by atoms with Crippen molar-refractivity contribution in [3.05, 3.63) is 30.1 Å². The lowest BCUT2D eigenvalue weighted by molar-refractivity contribution is 0.0942. The minimum atomic E-state index is -0.684. The highest BCUT2D eigenvalue weighted by atomic mass is 16.3. The van der Waals surface area contributed by atoms with Crippen LogP contribution in [0.2, 0.25) is 0 Å². The number of nitrogens with one attached hydrogen (secondary N) is 1. The van der Waals surface area contributed by atoms with Crippen LogP contribution in [0.5, 0.6) is 0 Å². The topological polar surface area (TPSA) is 65.4 Å². The summed E-state index contributed by atoms with van der Waals surface area (Å²) >= 11 is 0. The highest BCUT2D eigenvalue weighted by Gasteiger charge is 1.99. The van der Waals surface area contributed by atoms with Crippen LogP contribution < -0.4 is 5.32 Å². The third-order valence-electron chi connectivity index (χ3n) is 1.64. The van der Waals surface area contributed by atoms with E-state index in [1.165, 1.54) is 0 Å². The predicted octanol–water partition coefficient (Wildman–Crippen LogP) is -0.476. The Labute approximate surface area is 77.2 Å². The van der Waals surface area contributed by atoms with Crippen LogP contribution in [-0.4, -0.2) is 34.5 Å². The predicted molar refractivity (Wildman–Crippen MR) is 49.0 cm³/mol. The number of hydrogen-bond acceptors (Lipinski definition) is 4. The number of hydrogen-bond donors (Lipinski definition) is 3. The summed E-state index contributed by atoms with van der Waals surface area (Å²) in [5.41, 5.74) is 1.06. The van der Waals surface area contributed by atoms with Gasteiger partial charge in [-0.2, -0.15) is 0 Å². The van der Waals surface area contributed by atoms with Crippen molar-refractivity contribution in [2.75, 3.05) is 13.2 Å². The normalized spacial score (nSPS) is 12.8. The lowest BCUT2D eigenvalue weighted by atomic mass is 10.3. The summed E-state index contributed by atoms with van der Waals surface area (Å²) in [5, 5.41) is 20.5. The maximum atomic E-state index is 9.01. The molecule has 0 unspecified atom stereocenters. The smallest absolute Gasteiger partial charge is 0.0895 e. The summed E-state index contributed by atoms with van der Waals surface area (Å²) in [6, 6.07) is 3.81. The van der Waals surface area contributed by atoms with Gasteiger partial charge in [-0.25, -0.2) is 0 Å². The molecular weight excluding hydrogens is 168 g/mol. The van der Waals surface area contributed by atoms with Gasteiger partial charge in [-0.05, 0) is 11.6 Å². The molecule has 1 heterocycles. The van der Waals surface area contributed by atoms with Crippen LogP contribution in [0.1, 0.15) is 5.56 Å². The Morgan fingerprint density at radius 1 is 1.54 bits per heavy atom. The average molecular weight is 182 g/mol. The summed E-state index contributed by atoms with van der Waals surface area (Å²) in [4.78, 5) is 3.95. The van der Waals surface area contributed by atoms with E-state index in [1.807, 2.05) is 12.1 Å². The SMILES string of the molecule is OC[C@@H](O)CNCc1cccnc1. The van der Waals surface area contributed by atoms with Gasteiger partial charge in [0.2, 0.25) is 0 Å². The van der Waals surface area contributed by atoms with E-state index in [1.54, 1.807) is 12.4 Å². The van der Waals surface area contributed by atoms with Crippen molar-refractivity contribution < 1.29 is 10.2 Å². The Bertz CT molecular complexity index is 228. The molecule has 0 radical (unpaired) electrons. The zero-order chi connectivity index (χ0) is 9.52. The molecule has 0 saturated carbocycles. The molecule has 3 N–H and O–H groups in total. The van der Waals surface area contributed by atoms with Crippen molar-refractivity contribution in [3.63, 3.8) is 0 Å². The first-order valence-electron chi connectivity index (χ1n) is 4.21. The van der Waals surface area contributed by atoms with Gasteiger partial charge in [0.15, 0.2) is 0 Å². The minimum Gasteiger partial charge on any atom is -0.394 e. The first-order valence-corrected chi connectivity index (χ1v) is 4.21. The van der Waals surface area contributed by atoms with Crippen molar-refractivity contribution in [2.24, 2.45) is 0 Å². The number of rotatable bonds is 5. The van der Waals surface area contributed by atoms with Gasteiger partial charge in [-0.1, -0.05) is 6.07 Å². The Kier molecular flexibility index (Phi) is 4.39. The third-order valence-corrected chi connectivity index (χ3v) is 1.64. The zero-order valence-electron chi connectivity index (χ0n) is 7.35. The maximum absolute atomic E-state index is 9.01. The fourth-order valence-corrected chi connectivity index (χ4v) is 0.950. The molecule has 0 fully saturated rings. The van der Waals surface area contributed by atoms with E-state index in [2.05, 4.69) is 10.3 Å². The summed E-state index contributed by atoms with van der Waals surface area (Å²) in [5.74, 6) is 0. The number of aliphatic hydroxyl groups excluding tert-OH is 2. The van der Waals surface area contributed by atoms with Gasteiger partial charge in [0, 0.05) is 25.5 Å². The number of nitrogens with zero attached hydrogens (tertiary/aromatic N) is 1. The van der Waals surface area contributed by atoms with Crippen molar-refractivity contribution in [3.8, 4) is 0 Å². The van der Waals surface area contributed by atoms with E-state index in [9.17, 15) is 0 Å². The van der Waals surface area contributed by atoms with Gasteiger partial charge in [-0.3, -0.25) is 4.98 Å². The molecule has 4 nitrogen and oxygen atoms in total. The zero-order valence-corrected chi connectivity index (χ0v) is 7.35. The molecule has 13 heavy (non-hydrogen) atoms. The second-order valence-electron chi connectivity index (χ2n) is 2.83. The molecule has 0 aliphatic rings. The van der Waals surface area contributed by atoms with Crippen LogP contribution in [0.25, 0.3) is 0 Å². The van der Waals surface area contributed by atoms with Gasteiger partial charge in [0.05, 0.1) is 12.7 Å². The average Bonchev–Trinajstić information content (AvgIpc) is 2.19. The molecule has 0 aliphatic carbocycles. The molecule has 1 atom stereocenters. The van der Waals surface area contributed by atoms with Crippen LogP contribution >= 0.6 is 0 Å². The van der Waals surface area contributed by atoms with E-state index in [0.29, 0.717) is 13.1 Å². The number of aliphatic hydroxyl groups is 2. The Hall–Kier alpha value is -0.970. The highest BCUT2D eigenvalue weighted by molar-refractivity contribution is 5.07. The monoisotopic (exact) mass is 182 g/mol. The van der Waals surface area contributed by atoms with E-state index in [-0.39, 0.29) is 6.61 Å². The lowest BCUT2D eigenvalue weighted by Crippen LogP contribution is -2.28. The molecule has 0 spiro atoms. The minimum absolute atomic E-state index is 0.208. The summed E-state index contributed by atoms with van der Waals surface area (Å²) < 4.78 is 0. The van der Waals surface area contributed by atoms with Crippen molar-refractivity contribution >= 4 is 0 Å². The van der Waals surface area contributed by atoms with Crippen molar-refractivity contribution in [2.45, 2.75) is 12.6 Å². The van der Waals surface area contributed by atoms with Crippen LogP contribution in [0, 0.1) is 0 Å². The fourth-order valence-electron chi connectivity index (χ4n) is 0.950. The van der Waals surface area contributed by atoms with Crippen LogP contribution in [0.3, 0.4) is 0 Å². The van der Waals surface area contributed by atoms with Gasteiger partial charge < -0.3 is 15.5 Å². The molecule has 4 heteroatoms. The van der Waals surface area contributed by atoms with Crippen LogP contribution in [0.15, 0.2) is 24.5 Å². The molecule has 0 aliphatic heterocycles. The summed E-state index contributed by atoms with van der Waals surface area (Å²) in [6.45, 7) is 0.844. The standard InChI is InChI=1S/C9H14N2O2/c12-7-9(13)6-11-5-8-2-1-3-10-4-8/h1-4,9,11-13H,5-7H2/t9-/m0/s1. The van der Waals surface area contributed by atoms with Gasteiger partial charge in [-0.15, -0.1) is 0 Å². The van der Waals surface area contributed by atoms with Crippen LogP contribution in [-0.2, 0) is 6.54 Å². The first-order chi connectivity index (χ1) is 6.33. The first kappa shape index (κ1) is 10.1. The van der Waals surface area contributed by atoms with Crippen molar-refractivity contribution in [1.82, 2.24) is 10.3 Å². The molecule has 0 amide bonds. The summed E-state index contributed by atoms with van der Waals surface area (Å²) in [6.07, 6.45) is 2.79. The van der Waals surface area contributed by atoms with Gasteiger partial charge in [0.25, 0.3) is 0 Å². The molecule has 0 bridgehead atoms. The van der Waals surface area contributed by atoms with E-state index in [0.717, 1.165) is 5.56 Å². The molecule has 0 saturated heterocycles. The van der Waals surface area contributed by atoms with E-state index >= 15 is 0 Å². The molecule has 1 aromatic heterocycles. The summed E-state index contributed by atoms with van der Waals surface area (Å²) in [7, 11) is 0. The Morgan fingerprint density at radius 3 is 3.00 bits per heavy atom. The quantitative estimate of drug-likeness (QED) is 0.575. The number of pyridine rings is 1. The van der Waals surface area contributed by atoms with E-state index < -0.39 is 6.10 Å². The molecule has 72 valence electrons. The lowest BCUT2D eigenvalue weighted by Gasteiger charge is -2.08. The van der Waals surface area contributed by atoms with Gasteiger partial charge in [0.1, 0.15) is 0 Å². The maximum Gasteiger partial charge on any atom is 0.0895 e. The van der Waals surface area contributed by atoms with Crippen LogP contribution in [0.4, 0.5) is 0 Å². The van der Waals surface area contributed by atoms with Crippen molar-refractivity contribution in [1.29, 1.82) is 0 Å². The molecular formula is C9H14N2O2. The van der Waals surface area contributed by atoms with E-state index in [4.69, 9.17) is 10.2 Å². The molecule has 0 aromatic carbocycles. The second-order valence-corrected chi connectivity index (χ2v) is 2.83. The number of aromatic nitrogens is 1. The fraction of sp³-hybridized carbons (Fsp3) is 0.444. The second kappa shape index (κ2) is 5.64. The van der Waals surface area contributed by atoms with Gasteiger partial charge >= 0.3 is 0 Å². The Morgan fingerprint density at radius 2 is 2.38 bits per heavy atom. The highest BCUT2D eigenvalue weighted by Crippen LogP contribution is 1.93. The molecule has 1 aromatic rings. The molecule has 1 rings (SSSR count).